The molecule has 0 spiro atoms. The van der Waals surface area contributed by atoms with Gasteiger partial charge in [0.25, 0.3) is 10.0 Å². The summed E-state index contributed by atoms with van der Waals surface area (Å²) in [6.07, 6.45) is 0. The lowest BCUT2D eigenvalue weighted by molar-refractivity contribution is 0.570. The Morgan fingerprint density at radius 3 is 2.69 bits per heavy atom. The van der Waals surface area contributed by atoms with Crippen molar-refractivity contribution in [1.29, 1.82) is 0 Å². The molecule has 2 heterocycles. The fraction of sp³-hybridized carbons (Fsp3) is 0. The second kappa shape index (κ2) is 6.62. The van der Waals surface area contributed by atoms with E-state index in [2.05, 4.69) is 9.71 Å². The lowest BCUT2D eigenvalue weighted by atomic mass is 10.3. The van der Waals surface area contributed by atoms with Crippen LogP contribution in [0.4, 0.5) is 9.39 Å². The van der Waals surface area contributed by atoms with Gasteiger partial charge in [0.1, 0.15) is 14.9 Å². The number of nitrogens with zero attached hydrogens (tertiary/aromatic N) is 1. The Hall–Kier alpha value is -2.00. The highest BCUT2D eigenvalue weighted by molar-refractivity contribution is 7.93. The van der Waals surface area contributed by atoms with Gasteiger partial charge >= 0.3 is 0 Å². The summed E-state index contributed by atoms with van der Waals surface area (Å²) in [5.41, 5.74) is 1.50. The topological polar surface area (TPSA) is 59.1 Å². The van der Waals surface area contributed by atoms with Crippen molar-refractivity contribution in [3.05, 3.63) is 64.8 Å². The number of benzene rings is 2. The summed E-state index contributed by atoms with van der Waals surface area (Å²) < 4.78 is 42.8. The van der Waals surface area contributed by atoms with Crippen molar-refractivity contribution < 1.29 is 12.8 Å². The van der Waals surface area contributed by atoms with Gasteiger partial charge in [0.15, 0.2) is 5.82 Å². The van der Waals surface area contributed by atoms with Gasteiger partial charge in [-0.2, -0.15) is 0 Å². The number of hydrogen-bond acceptors (Lipinski definition) is 5. The van der Waals surface area contributed by atoms with Gasteiger partial charge in [0.2, 0.25) is 0 Å². The third-order valence-corrected chi connectivity index (χ3v) is 7.31. The molecule has 0 radical (unpaired) electrons. The Morgan fingerprint density at radius 1 is 1.08 bits per heavy atom. The van der Waals surface area contributed by atoms with Crippen LogP contribution in [0.25, 0.3) is 20.8 Å². The summed E-state index contributed by atoms with van der Waals surface area (Å²) >= 11 is 8.37. The lowest BCUT2D eigenvalue weighted by Gasteiger charge is -2.09. The average molecular weight is 425 g/mol. The van der Waals surface area contributed by atoms with Gasteiger partial charge in [-0.3, -0.25) is 4.72 Å². The van der Waals surface area contributed by atoms with Crippen LogP contribution in [-0.4, -0.2) is 13.4 Å². The van der Waals surface area contributed by atoms with Crippen LogP contribution in [0.5, 0.6) is 0 Å². The van der Waals surface area contributed by atoms with E-state index in [1.165, 1.54) is 40.9 Å². The number of anilines is 1. The first-order valence-corrected chi connectivity index (χ1v) is 10.9. The third kappa shape index (κ3) is 3.09. The molecule has 0 aliphatic rings. The molecule has 0 amide bonds. The zero-order valence-electron chi connectivity index (χ0n) is 12.9. The molecule has 4 rings (SSSR count). The molecule has 0 saturated heterocycles. The van der Waals surface area contributed by atoms with Gasteiger partial charge in [-0.05, 0) is 35.7 Å². The van der Waals surface area contributed by atoms with Gasteiger partial charge in [-0.25, -0.2) is 17.8 Å². The van der Waals surface area contributed by atoms with E-state index in [1.54, 1.807) is 11.4 Å². The van der Waals surface area contributed by atoms with Crippen LogP contribution in [0.3, 0.4) is 0 Å². The fourth-order valence-corrected chi connectivity index (χ4v) is 5.93. The Bertz CT molecular complexity index is 1180. The molecule has 4 nitrogen and oxygen atoms in total. The summed E-state index contributed by atoms with van der Waals surface area (Å²) in [6, 6.07) is 13.3. The Balaban J connectivity index is 1.74. The van der Waals surface area contributed by atoms with E-state index in [4.69, 9.17) is 11.6 Å². The molecule has 0 atom stereocenters. The summed E-state index contributed by atoms with van der Waals surface area (Å²) in [5, 5.41) is 2.58. The standard InChI is InChI=1S/C17H10ClFN2O2S3/c18-11-4-3-7-14(15(11)19)26(22,23)21-17-10(8-9-24-17)16-20-12-5-1-2-6-13(12)25-16/h1-9,21H. The zero-order valence-corrected chi connectivity index (χ0v) is 16.1. The van der Waals surface area contributed by atoms with Crippen molar-refractivity contribution >= 4 is 59.5 Å². The number of hydrogen-bond donors (Lipinski definition) is 1. The monoisotopic (exact) mass is 424 g/mol. The van der Waals surface area contributed by atoms with Crippen molar-refractivity contribution in [1.82, 2.24) is 4.98 Å². The first-order chi connectivity index (χ1) is 12.5. The normalized spacial score (nSPS) is 11.8. The maximum Gasteiger partial charge on any atom is 0.265 e. The number of halogens is 2. The van der Waals surface area contributed by atoms with Gasteiger partial charge in [-0.15, -0.1) is 22.7 Å². The smallest absolute Gasteiger partial charge is 0.265 e. The lowest BCUT2D eigenvalue weighted by Crippen LogP contribution is -2.14. The van der Waals surface area contributed by atoms with Gasteiger partial charge in [-0.1, -0.05) is 29.8 Å². The molecule has 0 bridgehead atoms. The average Bonchev–Trinajstić information content (AvgIpc) is 3.22. The van der Waals surface area contributed by atoms with E-state index in [0.29, 0.717) is 15.6 Å². The number of aromatic nitrogens is 1. The predicted octanol–water partition coefficient (Wildman–Crippen LogP) is 5.62. The third-order valence-electron chi connectivity index (χ3n) is 3.62. The zero-order chi connectivity index (χ0) is 18.3. The highest BCUT2D eigenvalue weighted by Crippen LogP contribution is 2.39. The number of rotatable bonds is 4. The second-order valence-electron chi connectivity index (χ2n) is 5.31. The molecule has 0 saturated carbocycles. The maximum absolute atomic E-state index is 14.1. The number of para-hydroxylation sites is 1. The predicted molar refractivity (Wildman–Crippen MR) is 105 cm³/mol. The molecule has 0 fully saturated rings. The van der Waals surface area contributed by atoms with Gasteiger partial charge < -0.3 is 0 Å². The minimum absolute atomic E-state index is 0.245. The van der Waals surface area contributed by atoms with E-state index >= 15 is 0 Å². The first-order valence-electron chi connectivity index (χ1n) is 7.36. The van der Waals surface area contributed by atoms with Crippen LogP contribution in [0.15, 0.2) is 58.8 Å². The summed E-state index contributed by atoms with van der Waals surface area (Å²) in [4.78, 5) is 4.05. The SMILES string of the molecule is O=S(=O)(Nc1sccc1-c1nc2ccccc2s1)c1cccc(Cl)c1F. The quantitative estimate of drug-likeness (QED) is 0.462. The second-order valence-corrected chi connectivity index (χ2v) is 9.31. The van der Waals surface area contributed by atoms with Crippen LogP contribution >= 0.6 is 34.3 Å². The number of thiazole rings is 1. The minimum Gasteiger partial charge on any atom is -0.270 e. The highest BCUT2D eigenvalue weighted by atomic mass is 35.5. The molecular weight excluding hydrogens is 415 g/mol. The molecule has 0 unspecified atom stereocenters. The number of nitrogens with one attached hydrogen (secondary N) is 1. The molecule has 2 aromatic carbocycles. The van der Waals surface area contributed by atoms with Gasteiger partial charge in [0.05, 0.1) is 15.2 Å². The molecule has 132 valence electrons. The minimum atomic E-state index is -4.12. The van der Waals surface area contributed by atoms with Crippen molar-refractivity contribution in [3.8, 4) is 10.6 Å². The number of thiophene rings is 1. The van der Waals surface area contributed by atoms with Crippen molar-refractivity contribution in [2.75, 3.05) is 4.72 Å². The van der Waals surface area contributed by atoms with E-state index < -0.39 is 20.7 Å². The number of fused-ring (bicyclic) bond motifs is 1. The van der Waals surface area contributed by atoms with Crippen LogP contribution in [0, 0.1) is 5.82 Å². The fourth-order valence-electron chi connectivity index (χ4n) is 2.41. The Morgan fingerprint density at radius 2 is 1.88 bits per heavy atom. The number of sulfonamides is 1. The summed E-state index contributed by atoms with van der Waals surface area (Å²) in [7, 11) is -4.12. The van der Waals surface area contributed by atoms with Crippen molar-refractivity contribution in [2.45, 2.75) is 4.90 Å². The van der Waals surface area contributed by atoms with Crippen LogP contribution in [-0.2, 0) is 10.0 Å². The van der Waals surface area contributed by atoms with E-state index in [-0.39, 0.29) is 5.02 Å². The molecular formula is C17H10ClFN2O2S3. The summed E-state index contributed by atoms with van der Waals surface area (Å²) in [5.74, 6) is -0.972. The molecule has 4 aromatic rings. The molecule has 1 N–H and O–H groups in total. The summed E-state index contributed by atoms with van der Waals surface area (Å²) in [6.45, 7) is 0. The first kappa shape index (κ1) is 17.4. The van der Waals surface area contributed by atoms with Crippen molar-refractivity contribution in [3.63, 3.8) is 0 Å². The molecule has 9 heteroatoms. The van der Waals surface area contributed by atoms with E-state index in [0.717, 1.165) is 10.2 Å². The van der Waals surface area contributed by atoms with E-state index in [1.807, 2.05) is 24.3 Å². The molecule has 0 aliphatic carbocycles. The van der Waals surface area contributed by atoms with Crippen LogP contribution in [0.1, 0.15) is 0 Å². The molecule has 0 aliphatic heterocycles. The maximum atomic E-state index is 14.1. The molecule has 2 aromatic heterocycles. The largest absolute Gasteiger partial charge is 0.270 e. The van der Waals surface area contributed by atoms with Crippen molar-refractivity contribution in [2.24, 2.45) is 0 Å². The van der Waals surface area contributed by atoms with Crippen LogP contribution in [0.2, 0.25) is 5.02 Å². The van der Waals surface area contributed by atoms with Gasteiger partial charge in [0, 0.05) is 5.56 Å². The van der Waals surface area contributed by atoms with Crippen LogP contribution < -0.4 is 4.72 Å². The Kier molecular flexibility index (Phi) is 4.44. The highest BCUT2D eigenvalue weighted by Gasteiger charge is 2.23. The van der Waals surface area contributed by atoms with E-state index in [9.17, 15) is 12.8 Å². The Labute approximate surface area is 162 Å². The molecule has 26 heavy (non-hydrogen) atoms.